The fraction of sp³-hybridized carbons (Fsp3) is 0.538. The second kappa shape index (κ2) is 7.72. The zero-order valence-corrected chi connectivity index (χ0v) is 10.2. The quantitative estimate of drug-likeness (QED) is 0.699. The average molecular weight is 226 g/mol. The van der Waals surface area contributed by atoms with Crippen LogP contribution in [0.25, 0.3) is 0 Å². The molecule has 0 fully saturated rings. The highest BCUT2D eigenvalue weighted by Gasteiger charge is 1.93. The molecule has 1 aromatic carbocycles. The SMILES string of the molecule is CCNCCCCCc1ccc(Cl)cc1. The summed E-state index contributed by atoms with van der Waals surface area (Å²) in [5.74, 6) is 0. The highest BCUT2D eigenvalue weighted by Crippen LogP contribution is 2.11. The molecule has 0 spiro atoms. The van der Waals surface area contributed by atoms with Crippen molar-refractivity contribution in [2.75, 3.05) is 13.1 Å². The molecule has 0 radical (unpaired) electrons. The lowest BCUT2D eigenvalue weighted by molar-refractivity contribution is 0.617. The van der Waals surface area contributed by atoms with Gasteiger partial charge in [0.2, 0.25) is 0 Å². The monoisotopic (exact) mass is 225 g/mol. The minimum Gasteiger partial charge on any atom is -0.317 e. The molecule has 15 heavy (non-hydrogen) atoms. The van der Waals surface area contributed by atoms with Gasteiger partial charge in [0.05, 0.1) is 0 Å². The van der Waals surface area contributed by atoms with E-state index in [0.717, 1.165) is 18.1 Å². The maximum atomic E-state index is 5.82. The molecular weight excluding hydrogens is 206 g/mol. The molecule has 0 amide bonds. The van der Waals surface area contributed by atoms with Crippen LogP contribution in [0.2, 0.25) is 5.02 Å². The molecule has 0 aliphatic heterocycles. The Bertz CT molecular complexity index is 256. The first-order valence-electron chi connectivity index (χ1n) is 5.78. The van der Waals surface area contributed by atoms with E-state index in [9.17, 15) is 0 Å². The fourth-order valence-corrected chi connectivity index (χ4v) is 1.71. The van der Waals surface area contributed by atoms with Crippen LogP contribution in [-0.4, -0.2) is 13.1 Å². The normalized spacial score (nSPS) is 10.5. The largest absolute Gasteiger partial charge is 0.317 e. The van der Waals surface area contributed by atoms with Gasteiger partial charge in [0.1, 0.15) is 0 Å². The predicted octanol–water partition coefficient (Wildman–Crippen LogP) is 3.66. The van der Waals surface area contributed by atoms with Crippen LogP contribution in [-0.2, 0) is 6.42 Å². The topological polar surface area (TPSA) is 12.0 Å². The van der Waals surface area contributed by atoms with E-state index < -0.39 is 0 Å². The molecule has 1 rings (SSSR count). The van der Waals surface area contributed by atoms with Gasteiger partial charge >= 0.3 is 0 Å². The zero-order chi connectivity index (χ0) is 10.9. The fourth-order valence-electron chi connectivity index (χ4n) is 1.58. The molecule has 0 bridgehead atoms. The summed E-state index contributed by atoms with van der Waals surface area (Å²) >= 11 is 5.82. The standard InChI is InChI=1S/C13H20ClN/c1-2-15-11-5-3-4-6-12-7-9-13(14)10-8-12/h7-10,15H,2-6,11H2,1H3. The average Bonchev–Trinajstić information content (AvgIpc) is 2.26. The number of halogens is 1. The van der Waals surface area contributed by atoms with E-state index in [1.165, 1.54) is 31.2 Å². The lowest BCUT2D eigenvalue weighted by Crippen LogP contribution is -2.13. The maximum Gasteiger partial charge on any atom is 0.0406 e. The van der Waals surface area contributed by atoms with E-state index in [2.05, 4.69) is 24.4 Å². The van der Waals surface area contributed by atoms with Crippen molar-refractivity contribution in [2.24, 2.45) is 0 Å². The third-order valence-corrected chi connectivity index (χ3v) is 2.73. The highest BCUT2D eigenvalue weighted by molar-refractivity contribution is 6.30. The van der Waals surface area contributed by atoms with Crippen molar-refractivity contribution in [2.45, 2.75) is 32.6 Å². The predicted molar refractivity (Wildman–Crippen MR) is 67.6 cm³/mol. The van der Waals surface area contributed by atoms with Crippen LogP contribution >= 0.6 is 11.6 Å². The van der Waals surface area contributed by atoms with Gasteiger partial charge in [-0.1, -0.05) is 37.1 Å². The van der Waals surface area contributed by atoms with Gasteiger partial charge in [-0.05, 0) is 50.0 Å². The second-order valence-electron chi connectivity index (χ2n) is 3.79. The summed E-state index contributed by atoms with van der Waals surface area (Å²) < 4.78 is 0. The van der Waals surface area contributed by atoms with E-state index in [1.54, 1.807) is 0 Å². The molecule has 0 aromatic heterocycles. The number of unbranched alkanes of at least 4 members (excludes halogenated alkanes) is 2. The van der Waals surface area contributed by atoms with Crippen molar-refractivity contribution in [3.63, 3.8) is 0 Å². The van der Waals surface area contributed by atoms with Crippen LogP contribution in [0.5, 0.6) is 0 Å². The summed E-state index contributed by atoms with van der Waals surface area (Å²) in [7, 11) is 0. The van der Waals surface area contributed by atoms with Gasteiger partial charge in [0.25, 0.3) is 0 Å². The molecule has 1 N–H and O–H groups in total. The van der Waals surface area contributed by atoms with Crippen LogP contribution in [0.15, 0.2) is 24.3 Å². The molecule has 1 nitrogen and oxygen atoms in total. The first-order valence-corrected chi connectivity index (χ1v) is 6.16. The summed E-state index contributed by atoms with van der Waals surface area (Å²) in [6.45, 7) is 4.38. The third-order valence-electron chi connectivity index (χ3n) is 2.48. The Labute approximate surface area is 97.8 Å². The van der Waals surface area contributed by atoms with E-state index in [1.807, 2.05) is 12.1 Å². The first kappa shape index (κ1) is 12.5. The Morgan fingerprint density at radius 2 is 1.80 bits per heavy atom. The van der Waals surface area contributed by atoms with Crippen LogP contribution in [0.1, 0.15) is 31.7 Å². The molecule has 0 saturated heterocycles. The molecule has 0 aliphatic carbocycles. The van der Waals surface area contributed by atoms with Crippen molar-refractivity contribution >= 4 is 11.6 Å². The van der Waals surface area contributed by atoms with Gasteiger partial charge in [0.15, 0.2) is 0 Å². The minimum absolute atomic E-state index is 0.825. The Morgan fingerprint density at radius 1 is 1.07 bits per heavy atom. The van der Waals surface area contributed by atoms with Gasteiger partial charge in [-0.2, -0.15) is 0 Å². The van der Waals surface area contributed by atoms with E-state index >= 15 is 0 Å². The van der Waals surface area contributed by atoms with Crippen molar-refractivity contribution in [1.82, 2.24) is 5.32 Å². The number of nitrogens with one attached hydrogen (secondary N) is 1. The molecule has 2 heteroatoms. The lowest BCUT2D eigenvalue weighted by atomic mass is 10.1. The van der Waals surface area contributed by atoms with E-state index in [4.69, 9.17) is 11.6 Å². The molecule has 0 heterocycles. The van der Waals surface area contributed by atoms with Crippen LogP contribution < -0.4 is 5.32 Å². The molecule has 0 atom stereocenters. The van der Waals surface area contributed by atoms with Gasteiger partial charge in [-0.15, -0.1) is 0 Å². The number of hydrogen-bond donors (Lipinski definition) is 1. The number of hydrogen-bond acceptors (Lipinski definition) is 1. The Kier molecular flexibility index (Phi) is 6.45. The van der Waals surface area contributed by atoms with E-state index in [-0.39, 0.29) is 0 Å². The van der Waals surface area contributed by atoms with Gasteiger partial charge in [0, 0.05) is 5.02 Å². The van der Waals surface area contributed by atoms with Crippen LogP contribution in [0.4, 0.5) is 0 Å². The van der Waals surface area contributed by atoms with Gasteiger partial charge in [-0.3, -0.25) is 0 Å². The number of rotatable bonds is 7. The molecule has 0 aliphatic rings. The number of aryl methyl sites for hydroxylation is 1. The zero-order valence-electron chi connectivity index (χ0n) is 9.43. The first-order chi connectivity index (χ1) is 7.33. The summed E-state index contributed by atoms with van der Waals surface area (Å²) in [4.78, 5) is 0. The van der Waals surface area contributed by atoms with Crippen molar-refractivity contribution < 1.29 is 0 Å². The smallest absolute Gasteiger partial charge is 0.0406 e. The second-order valence-corrected chi connectivity index (χ2v) is 4.23. The van der Waals surface area contributed by atoms with Crippen molar-refractivity contribution in [3.8, 4) is 0 Å². The molecule has 0 saturated carbocycles. The molecule has 84 valence electrons. The molecule has 0 unspecified atom stereocenters. The Balaban J connectivity index is 2.07. The Hall–Kier alpha value is -0.530. The van der Waals surface area contributed by atoms with Crippen molar-refractivity contribution in [3.05, 3.63) is 34.9 Å². The van der Waals surface area contributed by atoms with Gasteiger partial charge in [-0.25, -0.2) is 0 Å². The number of benzene rings is 1. The van der Waals surface area contributed by atoms with E-state index in [0.29, 0.717) is 0 Å². The summed E-state index contributed by atoms with van der Waals surface area (Å²) in [6, 6.07) is 8.17. The maximum absolute atomic E-state index is 5.82. The summed E-state index contributed by atoms with van der Waals surface area (Å²) in [5, 5.41) is 4.16. The summed E-state index contributed by atoms with van der Waals surface area (Å²) in [5.41, 5.74) is 1.39. The third kappa shape index (κ3) is 5.81. The highest BCUT2D eigenvalue weighted by atomic mass is 35.5. The van der Waals surface area contributed by atoms with Crippen molar-refractivity contribution in [1.29, 1.82) is 0 Å². The van der Waals surface area contributed by atoms with Crippen LogP contribution in [0.3, 0.4) is 0 Å². The minimum atomic E-state index is 0.825. The lowest BCUT2D eigenvalue weighted by Gasteiger charge is -2.02. The van der Waals surface area contributed by atoms with Crippen LogP contribution in [0, 0.1) is 0 Å². The molecular formula is C13H20ClN. The van der Waals surface area contributed by atoms with Gasteiger partial charge < -0.3 is 5.32 Å². The summed E-state index contributed by atoms with van der Waals surface area (Å²) in [6.07, 6.45) is 5.02. The molecule has 1 aromatic rings. The Morgan fingerprint density at radius 3 is 2.47 bits per heavy atom.